The fraction of sp³-hybridized carbons (Fsp3) is 0.692. The minimum Gasteiger partial charge on any atom is -0.468 e. The molecule has 0 fully saturated rings. The maximum atomic E-state index is 11.1. The summed E-state index contributed by atoms with van der Waals surface area (Å²) in [7, 11) is -0.378. The Morgan fingerprint density at radius 1 is 1.42 bits per heavy atom. The van der Waals surface area contributed by atoms with E-state index in [4.69, 9.17) is 4.43 Å². The van der Waals surface area contributed by atoms with Crippen molar-refractivity contribution >= 4 is 14.3 Å². The topological polar surface area (TPSA) is 53.4 Å². The van der Waals surface area contributed by atoms with Crippen molar-refractivity contribution < 1.29 is 14.0 Å². The van der Waals surface area contributed by atoms with Crippen molar-refractivity contribution in [1.29, 1.82) is 0 Å². The second-order valence-corrected chi connectivity index (χ2v) is 11.0. The molecule has 0 saturated carbocycles. The van der Waals surface area contributed by atoms with Crippen LogP contribution in [-0.4, -0.2) is 31.2 Å². The molecular formula is C13H24N2O3Si. The molecule has 0 unspecified atom stereocenters. The summed E-state index contributed by atoms with van der Waals surface area (Å²) in [6, 6.07) is 0. The van der Waals surface area contributed by atoms with Crippen LogP contribution in [0.3, 0.4) is 0 Å². The van der Waals surface area contributed by atoms with Gasteiger partial charge in [0.15, 0.2) is 8.32 Å². The Morgan fingerprint density at radius 2 is 2.05 bits per heavy atom. The molecule has 0 atom stereocenters. The molecular weight excluding hydrogens is 260 g/mol. The summed E-state index contributed by atoms with van der Waals surface area (Å²) in [5.74, 6) is -0.306. The third kappa shape index (κ3) is 4.47. The van der Waals surface area contributed by atoms with Crippen LogP contribution >= 0.6 is 0 Å². The summed E-state index contributed by atoms with van der Waals surface area (Å²) >= 11 is 0. The Balaban J connectivity index is 2.58. The van der Waals surface area contributed by atoms with Gasteiger partial charge in [-0.05, 0) is 18.1 Å². The lowest BCUT2D eigenvalue weighted by Gasteiger charge is -2.36. The first-order valence-corrected chi connectivity index (χ1v) is 9.28. The number of rotatable bonds is 5. The Bertz CT molecular complexity index is 435. The average molecular weight is 284 g/mol. The van der Waals surface area contributed by atoms with Gasteiger partial charge in [-0.15, -0.1) is 0 Å². The highest BCUT2D eigenvalue weighted by Gasteiger charge is 2.37. The van der Waals surface area contributed by atoms with Crippen molar-refractivity contribution in [3.05, 3.63) is 18.0 Å². The molecule has 0 aliphatic heterocycles. The third-order valence-corrected chi connectivity index (χ3v) is 8.09. The number of aromatic nitrogens is 2. The van der Waals surface area contributed by atoms with Gasteiger partial charge in [-0.1, -0.05) is 20.8 Å². The fourth-order valence-corrected chi connectivity index (χ4v) is 2.21. The molecule has 1 aromatic rings. The summed E-state index contributed by atoms with van der Waals surface area (Å²) in [6.45, 7) is 11.7. The lowest BCUT2D eigenvalue weighted by atomic mass is 10.2. The Kier molecular flexibility index (Phi) is 4.92. The first kappa shape index (κ1) is 15.9. The summed E-state index contributed by atoms with van der Waals surface area (Å²) < 4.78 is 12.3. The predicted molar refractivity (Wildman–Crippen MR) is 76.2 cm³/mol. The summed E-state index contributed by atoms with van der Waals surface area (Å²) in [5, 5.41) is 4.31. The molecule has 1 aromatic heterocycles. The minimum absolute atomic E-state index is 0.136. The highest BCUT2D eigenvalue weighted by atomic mass is 28.4. The SMILES string of the molecule is COC(=O)Cn1cc(CO[Si](C)(C)C(C)(C)C)cn1. The maximum absolute atomic E-state index is 11.1. The molecule has 0 N–H and O–H groups in total. The normalized spacial score (nSPS) is 12.5. The van der Waals surface area contributed by atoms with Gasteiger partial charge in [0.25, 0.3) is 0 Å². The molecule has 5 nitrogen and oxygen atoms in total. The van der Waals surface area contributed by atoms with Gasteiger partial charge in [0.2, 0.25) is 0 Å². The van der Waals surface area contributed by atoms with E-state index in [-0.39, 0.29) is 17.6 Å². The standard InChI is InChI=1S/C13H24N2O3Si/c1-13(2,3)19(5,6)18-10-11-7-14-15(8-11)9-12(16)17-4/h7-8H,9-10H2,1-6H3. The zero-order valence-corrected chi connectivity index (χ0v) is 13.7. The highest BCUT2D eigenvalue weighted by molar-refractivity contribution is 6.74. The van der Waals surface area contributed by atoms with Crippen LogP contribution in [0.5, 0.6) is 0 Å². The molecule has 0 spiro atoms. The maximum Gasteiger partial charge on any atom is 0.327 e. The summed E-state index contributed by atoms with van der Waals surface area (Å²) in [4.78, 5) is 11.1. The number of hydrogen-bond donors (Lipinski definition) is 0. The molecule has 1 rings (SSSR count). The van der Waals surface area contributed by atoms with Crippen LogP contribution < -0.4 is 0 Å². The third-order valence-electron chi connectivity index (χ3n) is 3.61. The summed E-state index contributed by atoms with van der Waals surface area (Å²) in [6.07, 6.45) is 3.56. The van der Waals surface area contributed by atoms with E-state index in [1.807, 2.05) is 6.20 Å². The number of ether oxygens (including phenoxy) is 1. The van der Waals surface area contributed by atoms with Gasteiger partial charge in [-0.2, -0.15) is 5.10 Å². The molecule has 1 heterocycles. The number of esters is 1. The largest absolute Gasteiger partial charge is 0.468 e. The van der Waals surface area contributed by atoms with E-state index >= 15 is 0 Å². The zero-order valence-electron chi connectivity index (χ0n) is 12.7. The van der Waals surface area contributed by atoms with Crippen molar-refractivity contribution in [2.75, 3.05) is 7.11 Å². The molecule has 6 heteroatoms. The smallest absolute Gasteiger partial charge is 0.327 e. The highest BCUT2D eigenvalue weighted by Crippen LogP contribution is 2.36. The van der Waals surface area contributed by atoms with Crippen LogP contribution in [0.4, 0.5) is 0 Å². The van der Waals surface area contributed by atoms with E-state index in [0.717, 1.165) is 5.56 Å². The molecule has 0 aliphatic rings. The molecule has 0 bridgehead atoms. The van der Waals surface area contributed by atoms with E-state index in [1.165, 1.54) is 7.11 Å². The molecule has 0 aliphatic carbocycles. The molecule has 108 valence electrons. The molecule has 19 heavy (non-hydrogen) atoms. The van der Waals surface area contributed by atoms with Crippen LogP contribution in [0.25, 0.3) is 0 Å². The first-order valence-electron chi connectivity index (χ1n) is 6.38. The number of methoxy groups -OCH3 is 1. The molecule has 0 amide bonds. The van der Waals surface area contributed by atoms with Gasteiger partial charge in [-0.25, -0.2) is 0 Å². The number of hydrogen-bond acceptors (Lipinski definition) is 4. The lowest BCUT2D eigenvalue weighted by molar-refractivity contribution is -0.141. The van der Waals surface area contributed by atoms with Crippen molar-refractivity contribution in [3.63, 3.8) is 0 Å². The van der Waals surface area contributed by atoms with Crippen LogP contribution in [0.15, 0.2) is 12.4 Å². The fourth-order valence-electron chi connectivity index (χ4n) is 1.24. The van der Waals surface area contributed by atoms with Crippen molar-refractivity contribution in [2.24, 2.45) is 0 Å². The second kappa shape index (κ2) is 5.88. The second-order valence-electron chi connectivity index (χ2n) is 6.17. The van der Waals surface area contributed by atoms with E-state index in [1.54, 1.807) is 10.9 Å². The van der Waals surface area contributed by atoms with Crippen LogP contribution in [0.1, 0.15) is 26.3 Å². The summed E-state index contributed by atoms with van der Waals surface area (Å²) in [5.41, 5.74) is 0.980. The predicted octanol–water partition coefficient (Wildman–Crippen LogP) is 2.58. The van der Waals surface area contributed by atoms with Gasteiger partial charge < -0.3 is 9.16 Å². The van der Waals surface area contributed by atoms with Crippen molar-refractivity contribution in [2.45, 2.75) is 52.1 Å². The van der Waals surface area contributed by atoms with E-state index < -0.39 is 8.32 Å². The Morgan fingerprint density at radius 3 is 2.58 bits per heavy atom. The van der Waals surface area contributed by atoms with Crippen LogP contribution in [-0.2, 0) is 27.1 Å². The molecule has 0 radical (unpaired) electrons. The zero-order chi connectivity index (χ0) is 14.7. The number of nitrogens with zero attached hydrogens (tertiary/aromatic N) is 2. The van der Waals surface area contributed by atoms with Gasteiger partial charge in [-0.3, -0.25) is 9.48 Å². The number of carbonyl (C=O) groups is 1. The average Bonchev–Trinajstić information content (AvgIpc) is 2.72. The monoisotopic (exact) mass is 284 g/mol. The van der Waals surface area contributed by atoms with Crippen molar-refractivity contribution in [1.82, 2.24) is 9.78 Å². The Labute approximate surface area is 116 Å². The van der Waals surface area contributed by atoms with Gasteiger partial charge >= 0.3 is 5.97 Å². The number of carbonyl (C=O) groups excluding carboxylic acids is 1. The minimum atomic E-state index is -1.75. The quantitative estimate of drug-likeness (QED) is 0.616. The lowest BCUT2D eigenvalue weighted by Crippen LogP contribution is -2.40. The van der Waals surface area contributed by atoms with Crippen LogP contribution in [0.2, 0.25) is 18.1 Å². The van der Waals surface area contributed by atoms with E-state index in [2.05, 4.69) is 43.7 Å². The molecule has 0 saturated heterocycles. The van der Waals surface area contributed by atoms with Gasteiger partial charge in [0.05, 0.1) is 19.9 Å². The van der Waals surface area contributed by atoms with Gasteiger partial charge in [0, 0.05) is 11.8 Å². The van der Waals surface area contributed by atoms with E-state index in [0.29, 0.717) is 6.61 Å². The van der Waals surface area contributed by atoms with Crippen LogP contribution in [0, 0.1) is 0 Å². The van der Waals surface area contributed by atoms with Gasteiger partial charge in [0.1, 0.15) is 6.54 Å². The molecule has 0 aromatic carbocycles. The van der Waals surface area contributed by atoms with E-state index in [9.17, 15) is 4.79 Å². The first-order chi connectivity index (χ1) is 8.65. The Hall–Kier alpha value is -1.14. The van der Waals surface area contributed by atoms with Crippen molar-refractivity contribution in [3.8, 4) is 0 Å².